The maximum absolute atomic E-state index is 13.1. The lowest BCUT2D eigenvalue weighted by atomic mass is 9.84. The Morgan fingerprint density at radius 1 is 1.31 bits per heavy atom. The first kappa shape index (κ1) is 23.1. The topological polar surface area (TPSA) is 54.9 Å². The molecular weight excluding hydrogens is 448 g/mol. The Bertz CT molecular complexity index is 546. The van der Waals surface area contributed by atoms with Gasteiger partial charge in [0.1, 0.15) is 5.82 Å². The van der Waals surface area contributed by atoms with Crippen molar-refractivity contribution in [2.75, 3.05) is 40.0 Å². The fourth-order valence-electron chi connectivity index (χ4n) is 2.70. The van der Waals surface area contributed by atoms with E-state index in [1.807, 2.05) is 12.1 Å². The van der Waals surface area contributed by atoms with Crippen LogP contribution in [-0.2, 0) is 14.9 Å². The number of aliphatic imine (C=N–C) groups is 1. The van der Waals surface area contributed by atoms with Crippen molar-refractivity contribution in [3.05, 3.63) is 35.6 Å². The zero-order chi connectivity index (χ0) is 18.1. The van der Waals surface area contributed by atoms with E-state index in [0.29, 0.717) is 6.54 Å². The van der Waals surface area contributed by atoms with E-state index in [1.165, 1.54) is 12.1 Å². The van der Waals surface area contributed by atoms with Gasteiger partial charge in [0, 0.05) is 38.8 Å². The van der Waals surface area contributed by atoms with Gasteiger partial charge in [0.15, 0.2) is 5.96 Å². The Kier molecular flexibility index (Phi) is 10.4. The predicted octanol–water partition coefficient (Wildman–Crippen LogP) is 3.08. The van der Waals surface area contributed by atoms with Crippen LogP contribution in [0.4, 0.5) is 4.39 Å². The van der Waals surface area contributed by atoms with Crippen molar-refractivity contribution in [2.24, 2.45) is 4.99 Å². The third-order valence-corrected chi connectivity index (χ3v) is 4.40. The third-order valence-electron chi connectivity index (χ3n) is 4.40. The van der Waals surface area contributed by atoms with Crippen LogP contribution in [0.25, 0.3) is 0 Å². The molecule has 0 radical (unpaired) electrons. The summed E-state index contributed by atoms with van der Waals surface area (Å²) in [5.74, 6) is 0.552. The summed E-state index contributed by atoms with van der Waals surface area (Å²) in [6, 6.07) is 6.66. The second kappa shape index (κ2) is 11.7. The molecule has 1 fully saturated rings. The summed E-state index contributed by atoms with van der Waals surface area (Å²) >= 11 is 0. The average Bonchev–Trinajstić information content (AvgIpc) is 3.11. The molecule has 0 spiro atoms. The fourth-order valence-corrected chi connectivity index (χ4v) is 2.70. The zero-order valence-electron chi connectivity index (χ0n) is 15.9. The molecule has 5 nitrogen and oxygen atoms in total. The SMILES string of the molecule is CN=C(NCCCOC1CCOC1)NCC(C)(C)c1ccc(F)cc1.I. The van der Waals surface area contributed by atoms with Crippen molar-refractivity contribution >= 4 is 29.9 Å². The highest BCUT2D eigenvalue weighted by molar-refractivity contribution is 14.0. The van der Waals surface area contributed by atoms with Crippen LogP contribution < -0.4 is 10.6 Å². The number of guanidine groups is 1. The van der Waals surface area contributed by atoms with Crippen molar-refractivity contribution < 1.29 is 13.9 Å². The molecule has 1 atom stereocenters. The Hall–Kier alpha value is -0.930. The third kappa shape index (κ3) is 7.75. The Balaban J connectivity index is 0.00000338. The van der Waals surface area contributed by atoms with Gasteiger partial charge in [0.2, 0.25) is 0 Å². The smallest absolute Gasteiger partial charge is 0.191 e. The number of rotatable bonds is 8. The molecule has 2 rings (SSSR count). The number of hydrogen-bond donors (Lipinski definition) is 2. The van der Waals surface area contributed by atoms with Crippen LogP contribution in [-0.4, -0.2) is 52.0 Å². The van der Waals surface area contributed by atoms with Crippen molar-refractivity contribution in [3.63, 3.8) is 0 Å². The van der Waals surface area contributed by atoms with E-state index in [2.05, 4.69) is 29.5 Å². The first-order valence-corrected chi connectivity index (χ1v) is 8.91. The van der Waals surface area contributed by atoms with Crippen LogP contribution in [0.5, 0.6) is 0 Å². The summed E-state index contributed by atoms with van der Waals surface area (Å²) in [6.07, 6.45) is 2.17. The van der Waals surface area contributed by atoms with Crippen LogP contribution in [0.15, 0.2) is 29.3 Å². The van der Waals surface area contributed by atoms with E-state index in [4.69, 9.17) is 9.47 Å². The van der Waals surface area contributed by atoms with Gasteiger partial charge in [0.25, 0.3) is 0 Å². The van der Waals surface area contributed by atoms with E-state index in [0.717, 1.165) is 50.7 Å². The summed E-state index contributed by atoms with van der Waals surface area (Å²) < 4.78 is 24.1. The quantitative estimate of drug-likeness (QED) is 0.261. The molecule has 1 aliphatic rings. The predicted molar refractivity (Wildman–Crippen MR) is 114 cm³/mol. The maximum Gasteiger partial charge on any atom is 0.191 e. The van der Waals surface area contributed by atoms with Gasteiger partial charge in [-0.25, -0.2) is 4.39 Å². The lowest BCUT2D eigenvalue weighted by Gasteiger charge is -2.26. The van der Waals surface area contributed by atoms with Gasteiger partial charge in [-0.15, -0.1) is 24.0 Å². The molecule has 1 aromatic carbocycles. The lowest BCUT2D eigenvalue weighted by molar-refractivity contribution is 0.0420. The standard InChI is InChI=1S/C19H30FN3O2.HI/c1-19(2,15-5-7-16(20)8-6-15)14-23-18(21-3)22-10-4-11-25-17-9-12-24-13-17;/h5-8,17H,4,9-14H2,1-3H3,(H2,21,22,23);1H. The molecule has 0 saturated carbocycles. The van der Waals surface area contributed by atoms with Crippen LogP contribution in [0, 0.1) is 5.82 Å². The van der Waals surface area contributed by atoms with Gasteiger partial charge in [-0.05, 0) is 30.5 Å². The van der Waals surface area contributed by atoms with Crippen molar-refractivity contribution in [1.29, 1.82) is 0 Å². The Morgan fingerprint density at radius 2 is 2.04 bits per heavy atom. The number of nitrogens with one attached hydrogen (secondary N) is 2. The van der Waals surface area contributed by atoms with E-state index < -0.39 is 0 Å². The molecule has 0 amide bonds. The van der Waals surface area contributed by atoms with Gasteiger partial charge in [0.05, 0.1) is 12.7 Å². The zero-order valence-corrected chi connectivity index (χ0v) is 18.2. The minimum Gasteiger partial charge on any atom is -0.379 e. The minimum absolute atomic E-state index is 0. The number of ether oxygens (including phenoxy) is 2. The first-order valence-electron chi connectivity index (χ1n) is 8.91. The minimum atomic E-state index is -0.212. The highest BCUT2D eigenvalue weighted by atomic mass is 127. The molecule has 0 aliphatic carbocycles. The lowest BCUT2D eigenvalue weighted by Crippen LogP contribution is -2.43. The number of halogens is 2. The summed E-state index contributed by atoms with van der Waals surface area (Å²) in [4.78, 5) is 4.25. The van der Waals surface area contributed by atoms with Crippen LogP contribution in [0.1, 0.15) is 32.3 Å². The summed E-state index contributed by atoms with van der Waals surface area (Å²) in [7, 11) is 1.76. The van der Waals surface area contributed by atoms with E-state index in [1.54, 1.807) is 7.05 Å². The summed E-state index contributed by atoms with van der Waals surface area (Å²) in [5.41, 5.74) is 0.959. The van der Waals surface area contributed by atoms with Gasteiger partial charge >= 0.3 is 0 Å². The van der Waals surface area contributed by atoms with Gasteiger partial charge in [-0.1, -0.05) is 26.0 Å². The Labute approximate surface area is 173 Å². The molecule has 1 aliphatic heterocycles. The molecule has 2 N–H and O–H groups in total. The summed E-state index contributed by atoms with van der Waals surface area (Å²) in [6.45, 7) is 7.99. The second-order valence-electron chi connectivity index (χ2n) is 6.95. The molecule has 1 unspecified atom stereocenters. The van der Waals surface area contributed by atoms with Gasteiger partial charge in [-0.3, -0.25) is 4.99 Å². The molecule has 7 heteroatoms. The molecule has 26 heavy (non-hydrogen) atoms. The molecule has 0 aromatic heterocycles. The molecule has 148 valence electrons. The fraction of sp³-hybridized carbons (Fsp3) is 0.632. The normalized spacial score (nSPS) is 17.7. The van der Waals surface area contributed by atoms with E-state index >= 15 is 0 Å². The Morgan fingerprint density at radius 3 is 2.65 bits per heavy atom. The van der Waals surface area contributed by atoms with E-state index in [9.17, 15) is 4.39 Å². The van der Waals surface area contributed by atoms with Crippen LogP contribution >= 0.6 is 24.0 Å². The van der Waals surface area contributed by atoms with Crippen LogP contribution in [0.3, 0.4) is 0 Å². The molecule has 1 aromatic rings. The van der Waals surface area contributed by atoms with Gasteiger partial charge < -0.3 is 20.1 Å². The first-order chi connectivity index (χ1) is 12.0. The number of nitrogens with zero attached hydrogens (tertiary/aromatic N) is 1. The second-order valence-corrected chi connectivity index (χ2v) is 6.95. The average molecular weight is 479 g/mol. The molecular formula is C19H31FIN3O2. The molecule has 1 heterocycles. The highest BCUT2D eigenvalue weighted by Crippen LogP contribution is 2.22. The number of benzene rings is 1. The number of hydrogen-bond acceptors (Lipinski definition) is 3. The molecule has 0 bridgehead atoms. The van der Waals surface area contributed by atoms with E-state index in [-0.39, 0.29) is 41.3 Å². The van der Waals surface area contributed by atoms with Gasteiger partial charge in [-0.2, -0.15) is 0 Å². The largest absolute Gasteiger partial charge is 0.379 e. The highest BCUT2D eigenvalue weighted by Gasteiger charge is 2.21. The van der Waals surface area contributed by atoms with Crippen LogP contribution in [0.2, 0.25) is 0 Å². The van der Waals surface area contributed by atoms with Crippen molar-refractivity contribution in [1.82, 2.24) is 10.6 Å². The van der Waals surface area contributed by atoms with Crippen molar-refractivity contribution in [2.45, 2.75) is 38.2 Å². The monoisotopic (exact) mass is 479 g/mol. The summed E-state index contributed by atoms with van der Waals surface area (Å²) in [5, 5.41) is 6.63. The molecule has 1 saturated heterocycles. The maximum atomic E-state index is 13.1. The van der Waals surface area contributed by atoms with Crippen molar-refractivity contribution in [3.8, 4) is 0 Å².